The summed E-state index contributed by atoms with van der Waals surface area (Å²) in [4.78, 5) is 9.53. The van der Waals surface area contributed by atoms with Gasteiger partial charge < -0.3 is 9.84 Å². The first-order chi connectivity index (χ1) is 9.27. The maximum absolute atomic E-state index is 12.0. The van der Waals surface area contributed by atoms with Gasteiger partial charge in [-0.15, -0.1) is 0 Å². The summed E-state index contributed by atoms with van der Waals surface area (Å²) < 4.78 is 31.4. The number of benzene rings is 1. The Morgan fingerprint density at radius 2 is 2.15 bits per heavy atom. The van der Waals surface area contributed by atoms with Gasteiger partial charge in [0.25, 0.3) is 0 Å². The van der Waals surface area contributed by atoms with Crippen molar-refractivity contribution in [1.29, 1.82) is 0 Å². The van der Waals surface area contributed by atoms with Crippen LogP contribution in [0, 0.1) is 10.1 Å². The summed E-state index contributed by atoms with van der Waals surface area (Å²) in [5.41, 5.74) is -0.661. The van der Waals surface area contributed by atoms with Gasteiger partial charge in [0.2, 0.25) is 10.0 Å². The molecule has 1 unspecified atom stereocenters. The molecule has 9 heteroatoms. The first-order valence-corrected chi connectivity index (χ1v) is 7.35. The van der Waals surface area contributed by atoms with Crippen LogP contribution in [-0.4, -0.2) is 37.7 Å². The van der Waals surface area contributed by atoms with Crippen LogP contribution in [0.5, 0.6) is 5.75 Å². The van der Waals surface area contributed by atoms with Crippen molar-refractivity contribution in [1.82, 2.24) is 4.72 Å². The number of phenols is 1. The van der Waals surface area contributed by atoms with E-state index in [-0.39, 0.29) is 17.5 Å². The molecule has 8 nitrogen and oxygen atoms in total. The normalized spacial score (nSPS) is 13.1. The molecule has 0 heterocycles. The van der Waals surface area contributed by atoms with Gasteiger partial charge in [-0.2, -0.15) is 0 Å². The van der Waals surface area contributed by atoms with E-state index in [1.807, 2.05) is 0 Å². The summed E-state index contributed by atoms with van der Waals surface area (Å²) in [5, 5.41) is 19.9. The monoisotopic (exact) mass is 304 g/mol. The molecule has 0 radical (unpaired) electrons. The molecule has 1 aromatic rings. The van der Waals surface area contributed by atoms with Gasteiger partial charge in [-0.3, -0.25) is 10.1 Å². The number of ether oxygens (including phenoxy) is 1. The van der Waals surface area contributed by atoms with Crippen LogP contribution in [0.2, 0.25) is 0 Å². The number of phenolic OH excluding ortho intramolecular Hbond substituents is 1. The van der Waals surface area contributed by atoms with E-state index in [0.717, 1.165) is 18.2 Å². The fourth-order valence-corrected chi connectivity index (χ4v) is 2.61. The summed E-state index contributed by atoms with van der Waals surface area (Å²) in [6.45, 7) is 3.98. The van der Waals surface area contributed by atoms with E-state index in [2.05, 4.69) is 4.72 Å². The van der Waals surface area contributed by atoms with Gasteiger partial charge in [-0.05, 0) is 26.0 Å². The van der Waals surface area contributed by atoms with Gasteiger partial charge in [-0.25, -0.2) is 13.1 Å². The van der Waals surface area contributed by atoms with Crippen LogP contribution in [0.4, 0.5) is 5.69 Å². The molecule has 1 aromatic carbocycles. The zero-order valence-electron chi connectivity index (χ0n) is 11.1. The molecule has 0 fully saturated rings. The Labute approximate surface area is 116 Å². The number of hydrogen-bond donors (Lipinski definition) is 2. The highest BCUT2D eigenvalue weighted by atomic mass is 32.2. The number of nitro groups is 1. The Kier molecular flexibility index (Phi) is 5.43. The number of aromatic hydroxyl groups is 1. The number of nitro benzene ring substituents is 1. The molecule has 112 valence electrons. The summed E-state index contributed by atoms with van der Waals surface area (Å²) in [7, 11) is -3.89. The molecule has 0 amide bonds. The number of nitrogens with zero attached hydrogens (tertiary/aromatic N) is 1. The quantitative estimate of drug-likeness (QED) is 0.573. The first-order valence-electron chi connectivity index (χ1n) is 5.86. The average molecular weight is 304 g/mol. The molecular weight excluding hydrogens is 288 g/mol. The number of nitrogens with one attached hydrogen (secondary N) is 1. The maximum atomic E-state index is 12.0. The van der Waals surface area contributed by atoms with Gasteiger partial charge >= 0.3 is 5.69 Å². The third kappa shape index (κ3) is 4.15. The van der Waals surface area contributed by atoms with Crippen LogP contribution in [0.1, 0.15) is 13.8 Å². The van der Waals surface area contributed by atoms with Crippen molar-refractivity contribution in [3.05, 3.63) is 28.3 Å². The molecular formula is C11H16N2O6S. The summed E-state index contributed by atoms with van der Waals surface area (Å²) >= 11 is 0. The van der Waals surface area contributed by atoms with Gasteiger partial charge in [0.1, 0.15) is 0 Å². The molecule has 0 bridgehead atoms. The predicted molar refractivity (Wildman–Crippen MR) is 71.0 cm³/mol. The molecule has 1 rings (SSSR count). The third-order valence-corrected chi connectivity index (χ3v) is 3.89. The Morgan fingerprint density at radius 1 is 1.50 bits per heavy atom. The Hall–Kier alpha value is -1.71. The highest BCUT2D eigenvalue weighted by molar-refractivity contribution is 7.89. The molecule has 0 spiro atoms. The minimum atomic E-state index is -3.89. The zero-order valence-corrected chi connectivity index (χ0v) is 11.9. The van der Waals surface area contributed by atoms with Crippen LogP contribution in [0.3, 0.4) is 0 Å². The molecule has 20 heavy (non-hydrogen) atoms. The molecule has 0 aliphatic heterocycles. The summed E-state index contributed by atoms with van der Waals surface area (Å²) in [5.74, 6) is -0.586. The fraction of sp³-hybridized carbons (Fsp3) is 0.455. The van der Waals surface area contributed by atoms with Crippen LogP contribution < -0.4 is 4.72 Å². The second-order valence-electron chi connectivity index (χ2n) is 4.03. The lowest BCUT2D eigenvalue weighted by Crippen LogP contribution is -2.32. The largest absolute Gasteiger partial charge is 0.502 e. The van der Waals surface area contributed by atoms with E-state index in [4.69, 9.17) is 4.74 Å². The van der Waals surface area contributed by atoms with Gasteiger partial charge in [0.15, 0.2) is 5.75 Å². The predicted octanol–water partition coefficient (Wildman–Crippen LogP) is 1.00. The van der Waals surface area contributed by atoms with E-state index in [9.17, 15) is 23.6 Å². The lowest BCUT2D eigenvalue weighted by molar-refractivity contribution is -0.386. The highest BCUT2D eigenvalue weighted by Gasteiger charge is 2.21. The third-order valence-electron chi connectivity index (χ3n) is 2.47. The van der Waals surface area contributed by atoms with Crippen molar-refractivity contribution < 1.29 is 23.2 Å². The minimum Gasteiger partial charge on any atom is -0.502 e. The van der Waals surface area contributed by atoms with E-state index < -0.39 is 26.4 Å². The molecule has 0 aliphatic rings. The van der Waals surface area contributed by atoms with Gasteiger partial charge in [0, 0.05) is 19.2 Å². The number of sulfonamides is 1. The lowest BCUT2D eigenvalue weighted by atomic mass is 10.3. The van der Waals surface area contributed by atoms with Gasteiger partial charge in [-0.1, -0.05) is 0 Å². The average Bonchev–Trinajstić information content (AvgIpc) is 2.37. The SMILES string of the molecule is CCOC(C)CNS(=O)(=O)c1ccc(O)c([N+](=O)[O-])c1. The second-order valence-corrected chi connectivity index (χ2v) is 5.79. The van der Waals surface area contributed by atoms with Crippen molar-refractivity contribution in [2.75, 3.05) is 13.2 Å². The Bertz CT molecular complexity index is 587. The highest BCUT2D eigenvalue weighted by Crippen LogP contribution is 2.28. The van der Waals surface area contributed by atoms with Crippen molar-refractivity contribution in [3.8, 4) is 5.75 Å². The molecule has 0 aromatic heterocycles. The summed E-state index contributed by atoms with van der Waals surface area (Å²) in [6.07, 6.45) is -0.318. The molecule has 0 saturated heterocycles. The van der Waals surface area contributed by atoms with E-state index >= 15 is 0 Å². The topological polar surface area (TPSA) is 119 Å². The van der Waals surface area contributed by atoms with E-state index in [1.54, 1.807) is 13.8 Å². The Balaban J connectivity index is 2.93. The van der Waals surface area contributed by atoms with Gasteiger partial charge in [0.05, 0.1) is 15.9 Å². The molecule has 0 aliphatic carbocycles. The second kappa shape index (κ2) is 6.64. The van der Waals surface area contributed by atoms with Crippen LogP contribution >= 0.6 is 0 Å². The molecule has 0 saturated carbocycles. The van der Waals surface area contributed by atoms with Crippen molar-refractivity contribution in [2.45, 2.75) is 24.8 Å². The number of hydrogen-bond acceptors (Lipinski definition) is 6. The fourth-order valence-electron chi connectivity index (χ4n) is 1.47. The van der Waals surface area contributed by atoms with Crippen LogP contribution in [0.25, 0.3) is 0 Å². The zero-order chi connectivity index (χ0) is 15.3. The van der Waals surface area contributed by atoms with E-state index in [1.165, 1.54) is 0 Å². The van der Waals surface area contributed by atoms with Crippen molar-refractivity contribution in [3.63, 3.8) is 0 Å². The minimum absolute atomic E-state index is 0.0465. The van der Waals surface area contributed by atoms with E-state index in [0.29, 0.717) is 6.61 Å². The first kappa shape index (κ1) is 16.3. The van der Waals surface area contributed by atoms with Crippen molar-refractivity contribution in [2.24, 2.45) is 0 Å². The molecule has 2 N–H and O–H groups in total. The Morgan fingerprint density at radius 3 is 2.70 bits per heavy atom. The van der Waals surface area contributed by atoms with Crippen LogP contribution in [-0.2, 0) is 14.8 Å². The smallest absolute Gasteiger partial charge is 0.312 e. The lowest BCUT2D eigenvalue weighted by Gasteiger charge is -2.13. The number of rotatable bonds is 7. The maximum Gasteiger partial charge on any atom is 0.312 e. The summed E-state index contributed by atoms with van der Waals surface area (Å²) in [6, 6.07) is 2.87. The van der Waals surface area contributed by atoms with Crippen LogP contribution in [0.15, 0.2) is 23.1 Å². The van der Waals surface area contributed by atoms with Crippen molar-refractivity contribution >= 4 is 15.7 Å². The standard InChI is InChI=1S/C11H16N2O6S/c1-3-19-8(2)7-12-20(17,18)9-4-5-11(14)10(6-9)13(15)16/h4-6,8,12,14H,3,7H2,1-2H3. The molecule has 1 atom stereocenters.